The number of pyridine rings is 1. The van der Waals surface area contributed by atoms with E-state index in [9.17, 15) is 0 Å². The summed E-state index contributed by atoms with van der Waals surface area (Å²) < 4.78 is 15.5. The van der Waals surface area contributed by atoms with Crippen molar-refractivity contribution in [3.05, 3.63) is 52.4 Å². The van der Waals surface area contributed by atoms with Gasteiger partial charge in [-0.1, -0.05) is 20.8 Å². The summed E-state index contributed by atoms with van der Waals surface area (Å²) in [5.74, 6) is 1.37. The molecular weight excluding hydrogens is 566 g/mol. The van der Waals surface area contributed by atoms with Gasteiger partial charge in [0.1, 0.15) is 5.69 Å². The van der Waals surface area contributed by atoms with E-state index >= 15 is 0 Å². The van der Waals surface area contributed by atoms with E-state index in [2.05, 4.69) is 94.4 Å². The van der Waals surface area contributed by atoms with Crippen LogP contribution in [0.5, 0.6) is 11.5 Å². The standard InChI is InChI=1S/C34H59N9O2/c1-11-40(16-14-35-25(2)3)17-15-36-26(4)23-31-29(7)39-43(30(31)8)21-19-41(18-20-42-28(6)22-27(5)38-42)24-32-34(45-10)33(44-9)12-13-37-32/h12-13,22,25-26,35-36H,11,14-21,23-24H2,1-10H3. The second-order valence-corrected chi connectivity index (χ2v) is 12.4. The molecule has 0 aromatic carbocycles. The van der Waals surface area contributed by atoms with Gasteiger partial charge in [-0.2, -0.15) is 10.2 Å². The van der Waals surface area contributed by atoms with Crippen molar-refractivity contribution in [3.63, 3.8) is 0 Å². The molecule has 0 amide bonds. The third-order valence-electron chi connectivity index (χ3n) is 8.49. The largest absolute Gasteiger partial charge is 0.493 e. The molecule has 11 heteroatoms. The van der Waals surface area contributed by atoms with Crippen LogP contribution in [0.1, 0.15) is 61.7 Å². The Morgan fingerprint density at radius 2 is 1.56 bits per heavy atom. The molecule has 252 valence electrons. The van der Waals surface area contributed by atoms with Crippen molar-refractivity contribution in [3.8, 4) is 11.5 Å². The summed E-state index contributed by atoms with van der Waals surface area (Å²) in [7, 11) is 3.33. The molecule has 0 bridgehead atoms. The Kier molecular flexibility index (Phi) is 14.8. The Bertz CT molecular complexity index is 1300. The van der Waals surface area contributed by atoms with Gasteiger partial charge < -0.3 is 25.0 Å². The Morgan fingerprint density at radius 1 is 0.867 bits per heavy atom. The van der Waals surface area contributed by atoms with Crippen LogP contribution in [0.4, 0.5) is 0 Å². The predicted octanol–water partition coefficient (Wildman–Crippen LogP) is 3.77. The summed E-state index contributed by atoms with van der Waals surface area (Å²) in [5.41, 5.74) is 6.76. The summed E-state index contributed by atoms with van der Waals surface area (Å²) in [6.07, 6.45) is 2.74. The maximum absolute atomic E-state index is 5.70. The van der Waals surface area contributed by atoms with Crippen molar-refractivity contribution >= 4 is 0 Å². The summed E-state index contributed by atoms with van der Waals surface area (Å²) in [5, 5.41) is 16.9. The number of rotatable bonds is 21. The number of nitrogens with zero attached hydrogens (tertiary/aromatic N) is 7. The first-order valence-corrected chi connectivity index (χ1v) is 16.6. The molecule has 0 aliphatic carbocycles. The molecule has 11 nitrogen and oxygen atoms in total. The van der Waals surface area contributed by atoms with E-state index in [0.717, 1.165) is 82.4 Å². The van der Waals surface area contributed by atoms with Gasteiger partial charge in [0.15, 0.2) is 11.5 Å². The van der Waals surface area contributed by atoms with Gasteiger partial charge >= 0.3 is 0 Å². The summed E-state index contributed by atoms with van der Waals surface area (Å²) >= 11 is 0. The molecule has 3 heterocycles. The normalized spacial score (nSPS) is 12.6. The fourth-order valence-electron chi connectivity index (χ4n) is 5.85. The Balaban J connectivity index is 1.63. The zero-order valence-electron chi connectivity index (χ0n) is 29.6. The first-order chi connectivity index (χ1) is 21.6. The number of ether oxygens (including phenoxy) is 2. The molecule has 0 spiro atoms. The van der Waals surface area contributed by atoms with Crippen molar-refractivity contribution in [1.82, 2.24) is 45.0 Å². The van der Waals surface area contributed by atoms with Crippen molar-refractivity contribution in [2.24, 2.45) is 0 Å². The number of methoxy groups -OCH3 is 2. The fourth-order valence-corrected chi connectivity index (χ4v) is 5.85. The number of hydrogen-bond donors (Lipinski definition) is 2. The second-order valence-electron chi connectivity index (χ2n) is 12.4. The minimum Gasteiger partial charge on any atom is -0.493 e. The van der Waals surface area contributed by atoms with Gasteiger partial charge in [0.2, 0.25) is 0 Å². The SMILES string of the molecule is CCN(CCNC(C)C)CCNC(C)Cc1c(C)nn(CCN(CCn2nc(C)cc2C)Cc2nccc(OC)c2OC)c1C. The van der Waals surface area contributed by atoms with Crippen LogP contribution in [0.3, 0.4) is 0 Å². The predicted molar refractivity (Wildman–Crippen MR) is 182 cm³/mol. The first-order valence-electron chi connectivity index (χ1n) is 16.6. The smallest absolute Gasteiger partial charge is 0.183 e. The lowest BCUT2D eigenvalue weighted by Crippen LogP contribution is -2.40. The topological polar surface area (TPSA) is 97.5 Å². The van der Waals surface area contributed by atoms with Gasteiger partial charge in [-0.25, -0.2) is 0 Å². The van der Waals surface area contributed by atoms with E-state index in [1.165, 1.54) is 17.0 Å². The molecule has 3 rings (SSSR count). The van der Waals surface area contributed by atoms with E-state index in [-0.39, 0.29) is 0 Å². The van der Waals surface area contributed by atoms with Crippen LogP contribution in [0, 0.1) is 27.7 Å². The summed E-state index contributed by atoms with van der Waals surface area (Å²) in [6.45, 7) is 26.5. The van der Waals surface area contributed by atoms with Crippen LogP contribution in [0.2, 0.25) is 0 Å². The van der Waals surface area contributed by atoms with Crippen molar-refractivity contribution in [1.29, 1.82) is 0 Å². The molecular formula is C34H59N9O2. The van der Waals surface area contributed by atoms with E-state index < -0.39 is 0 Å². The Labute approximate surface area is 271 Å². The van der Waals surface area contributed by atoms with Crippen LogP contribution < -0.4 is 20.1 Å². The van der Waals surface area contributed by atoms with Crippen LogP contribution in [0.15, 0.2) is 18.3 Å². The van der Waals surface area contributed by atoms with Gasteiger partial charge in [0.05, 0.1) is 38.7 Å². The number of aromatic nitrogens is 5. The summed E-state index contributed by atoms with van der Waals surface area (Å²) in [6, 6.07) is 4.86. The van der Waals surface area contributed by atoms with Crippen molar-refractivity contribution < 1.29 is 9.47 Å². The molecule has 0 radical (unpaired) electrons. The summed E-state index contributed by atoms with van der Waals surface area (Å²) in [4.78, 5) is 9.56. The molecule has 1 unspecified atom stereocenters. The maximum Gasteiger partial charge on any atom is 0.183 e. The van der Waals surface area contributed by atoms with Gasteiger partial charge in [-0.15, -0.1) is 0 Å². The zero-order valence-corrected chi connectivity index (χ0v) is 29.6. The van der Waals surface area contributed by atoms with Gasteiger partial charge in [-0.05, 0) is 59.2 Å². The molecule has 2 N–H and O–H groups in total. The van der Waals surface area contributed by atoms with Crippen LogP contribution in [-0.2, 0) is 26.1 Å². The molecule has 0 aliphatic heterocycles. The third-order valence-corrected chi connectivity index (χ3v) is 8.49. The van der Waals surface area contributed by atoms with Gasteiger partial charge in [0, 0.05) is 81.5 Å². The quantitative estimate of drug-likeness (QED) is 0.183. The lowest BCUT2D eigenvalue weighted by atomic mass is 10.1. The highest BCUT2D eigenvalue weighted by Crippen LogP contribution is 2.30. The van der Waals surface area contributed by atoms with Crippen molar-refractivity contribution in [2.45, 2.75) is 93.5 Å². The van der Waals surface area contributed by atoms with E-state index in [1.807, 2.05) is 13.0 Å². The number of nitrogens with one attached hydrogen (secondary N) is 2. The lowest BCUT2D eigenvalue weighted by Gasteiger charge is -2.24. The van der Waals surface area contributed by atoms with Crippen molar-refractivity contribution in [2.75, 3.05) is 60.0 Å². The van der Waals surface area contributed by atoms with Gasteiger partial charge in [0.25, 0.3) is 0 Å². The second kappa shape index (κ2) is 18.2. The van der Waals surface area contributed by atoms with Crippen LogP contribution >= 0.6 is 0 Å². The van der Waals surface area contributed by atoms with E-state index in [0.29, 0.717) is 30.1 Å². The van der Waals surface area contributed by atoms with E-state index in [1.54, 1.807) is 20.4 Å². The number of hydrogen-bond acceptors (Lipinski definition) is 9. The Morgan fingerprint density at radius 3 is 2.16 bits per heavy atom. The minimum absolute atomic E-state index is 0.372. The molecule has 0 aliphatic rings. The molecule has 0 saturated heterocycles. The average molecular weight is 626 g/mol. The third kappa shape index (κ3) is 11.1. The highest BCUT2D eigenvalue weighted by atomic mass is 16.5. The molecule has 3 aromatic rings. The van der Waals surface area contributed by atoms with Crippen LogP contribution in [0.25, 0.3) is 0 Å². The highest BCUT2D eigenvalue weighted by molar-refractivity contribution is 5.42. The minimum atomic E-state index is 0.372. The molecule has 0 saturated carbocycles. The maximum atomic E-state index is 5.70. The monoisotopic (exact) mass is 625 g/mol. The highest BCUT2D eigenvalue weighted by Gasteiger charge is 2.19. The molecule has 3 aromatic heterocycles. The molecule has 1 atom stereocenters. The number of likely N-dealkylation sites (N-methyl/N-ethyl adjacent to an activating group) is 1. The lowest BCUT2D eigenvalue weighted by molar-refractivity contribution is 0.228. The van der Waals surface area contributed by atoms with Crippen LogP contribution in [-0.4, -0.2) is 106 Å². The van der Waals surface area contributed by atoms with E-state index in [4.69, 9.17) is 14.6 Å². The average Bonchev–Trinajstić information content (AvgIpc) is 3.47. The fraction of sp³-hybridized carbons (Fsp3) is 0.676. The number of aryl methyl sites for hydroxylation is 3. The Hall–Kier alpha value is -2.99. The first kappa shape index (κ1) is 36.5. The molecule has 45 heavy (non-hydrogen) atoms. The van der Waals surface area contributed by atoms with Gasteiger partial charge in [-0.3, -0.25) is 19.2 Å². The zero-order chi connectivity index (χ0) is 32.9. The molecule has 0 fully saturated rings.